The first-order valence-electron chi connectivity index (χ1n) is 12.8. The quantitative estimate of drug-likeness (QED) is 0.235. The zero-order valence-corrected chi connectivity index (χ0v) is 23.2. The maximum absolute atomic E-state index is 14.1. The Balaban J connectivity index is 2.14. The number of benzene rings is 1. The van der Waals surface area contributed by atoms with Crippen molar-refractivity contribution in [1.82, 2.24) is 15.6 Å². The van der Waals surface area contributed by atoms with E-state index in [4.69, 9.17) is 19.3 Å². The molecule has 0 bridgehead atoms. The van der Waals surface area contributed by atoms with Gasteiger partial charge in [0, 0.05) is 30.9 Å². The zero-order valence-electron chi connectivity index (χ0n) is 23.2. The first-order valence-corrected chi connectivity index (χ1v) is 12.8. The van der Waals surface area contributed by atoms with Gasteiger partial charge in [0.1, 0.15) is 17.5 Å². The Kier molecular flexibility index (Phi) is 12.3. The molecule has 0 spiro atoms. The Morgan fingerprint density at radius 2 is 1.82 bits per heavy atom. The summed E-state index contributed by atoms with van der Waals surface area (Å²) in [4.78, 5) is 27.9. The lowest BCUT2D eigenvalue weighted by atomic mass is 9.99. The van der Waals surface area contributed by atoms with E-state index in [1.807, 2.05) is 20.8 Å². The van der Waals surface area contributed by atoms with Crippen LogP contribution in [0.4, 0.5) is 18.9 Å². The molecule has 2 aromatic rings. The van der Waals surface area contributed by atoms with Crippen molar-refractivity contribution in [2.45, 2.75) is 57.9 Å². The Hall–Kier alpha value is -3.74. The van der Waals surface area contributed by atoms with E-state index in [1.54, 1.807) is 12.1 Å². The summed E-state index contributed by atoms with van der Waals surface area (Å²) in [6, 6.07) is 3.71. The van der Waals surface area contributed by atoms with Crippen LogP contribution >= 0.6 is 0 Å². The molecule has 0 aliphatic rings. The largest absolute Gasteiger partial charge is 0.494 e. The number of pyridine rings is 1. The van der Waals surface area contributed by atoms with Gasteiger partial charge in [0.15, 0.2) is 6.61 Å². The van der Waals surface area contributed by atoms with Crippen molar-refractivity contribution in [3.05, 3.63) is 42.1 Å². The van der Waals surface area contributed by atoms with Gasteiger partial charge in [-0.05, 0) is 36.5 Å². The zero-order chi connectivity index (χ0) is 29.9. The molecule has 0 fully saturated rings. The van der Waals surface area contributed by atoms with Crippen LogP contribution in [0.5, 0.6) is 17.4 Å². The third kappa shape index (κ3) is 10.1. The molecule has 40 heavy (non-hydrogen) atoms. The number of rotatable bonds is 16. The van der Waals surface area contributed by atoms with Gasteiger partial charge >= 0.3 is 12.1 Å². The van der Waals surface area contributed by atoms with E-state index in [0.717, 1.165) is 6.20 Å². The van der Waals surface area contributed by atoms with E-state index < -0.39 is 42.8 Å². The van der Waals surface area contributed by atoms with Crippen LogP contribution in [0.1, 0.15) is 45.2 Å². The van der Waals surface area contributed by atoms with Gasteiger partial charge < -0.3 is 30.0 Å². The van der Waals surface area contributed by atoms with Crippen molar-refractivity contribution < 1.29 is 42.1 Å². The molecule has 1 heterocycles. The summed E-state index contributed by atoms with van der Waals surface area (Å²) >= 11 is 0. The molecule has 1 amide bonds. The van der Waals surface area contributed by atoms with Gasteiger partial charge in [-0.1, -0.05) is 26.8 Å². The summed E-state index contributed by atoms with van der Waals surface area (Å²) in [7, 11) is 2.81. The second-order valence-corrected chi connectivity index (χ2v) is 9.50. The fraction of sp³-hybridized carbons (Fsp3) is 0.519. The topological polar surface area (TPSA) is 131 Å². The first kappa shape index (κ1) is 32.5. The van der Waals surface area contributed by atoms with Crippen molar-refractivity contribution in [2.24, 2.45) is 5.92 Å². The highest BCUT2D eigenvalue weighted by molar-refractivity contribution is 5.82. The minimum absolute atomic E-state index is 0.0598. The summed E-state index contributed by atoms with van der Waals surface area (Å²) in [6.45, 7) is 5.26. The van der Waals surface area contributed by atoms with E-state index in [0.29, 0.717) is 23.6 Å². The number of methoxy groups -OCH3 is 2. The summed E-state index contributed by atoms with van der Waals surface area (Å²) < 4.78 is 57.6. The lowest BCUT2D eigenvalue weighted by Gasteiger charge is -2.29. The van der Waals surface area contributed by atoms with Crippen LogP contribution in [-0.4, -0.2) is 67.6 Å². The van der Waals surface area contributed by atoms with Crippen LogP contribution in [0, 0.1) is 5.92 Å². The number of carbonyl (C=O) groups excluding carboxylic acids is 1. The number of ether oxygens (including phenoxy) is 3. The van der Waals surface area contributed by atoms with Crippen molar-refractivity contribution in [2.75, 3.05) is 32.7 Å². The number of carboxylic acid groups (broad SMARTS) is 1. The number of carboxylic acids is 1. The number of halogens is 3. The molecule has 10 nitrogen and oxygen atoms in total. The Labute approximate surface area is 231 Å². The van der Waals surface area contributed by atoms with Gasteiger partial charge in [-0.15, -0.1) is 0 Å². The molecule has 0 aliphatic carbocycles. The maximum Gasteiger partial charge on any atom is 0.407 e. The Bertz CT molecular complexity index is 1100. The van der Waals surface area contributed by atoms with Crippen molar-refractivity contribution in [3.63, 3.8) is 0 Å². The molecule has 0 aliphatic heterocycles. The Morgan fingerprint density at radius 3 is 2.35 bits per heavy atom. The maximum atomic E-state index is 14.1. The molecule has 222 valence electrons. The van der Waals surface area contributed by atoms with E-state index in [2.05, 4.69) is 20.9 Å². The van der Waals surface area contributed by atoms with Crippen LogP contribution in [0.25, 0.3) is 0 Å². The number of aliphatic carboxylic acids is 1. The molecule has 1 aromatic carbocycles. The number of carbonyl (C=O) groups is 2. The van der Waals surface area contributed by atoms with Crippen LogP contribution in [0.3, 0.4) is 0 Å². The predicted octanol–water partition coefficient (Wildman–Crippen LogP) is 4.18. The minimum atomic E-state index is -4.67. The highest BCUT2D eigenvalue weighted by Gasteiger charge is 2.43. The lowest BCUT2D eigenvalue weighted by molar-refractivity contribution is -0.161. The predicted molar refractivity (Wildman–Crippen MR) is 143 cm³/mol. The number of aromatic nitrogens is 1. The van der Waals surface area contributed by atoms with Gasteiger partial charge in [-0.2, -0.15) is 13.2 Å². The summed E-state index contributed by atoms with van der Waals surface area (Å²) in [6.07, 6.45) is -2.91. The lowest BCUT2D eigenvalue weighted by Crippen LogP contribution is -2.52. The van der Waals surface area contributed by atoms with Gasteiger partial charge in [0.05, 0.1) is 25.9 Å². The van der Waals surface area contributed by atoms with E-state index >= 15 is 0 Å². The number of nitrogens with one attached hydrogen (secondary N) is 3. The van der Waals surface area contributed by atoms with Gasteiger partial charge in [0.25, 0.3) is 0 Å². The SMILES string of the molecule is CC[C@@H](CNc1ccc(OCC(=O)O)cc1OC)NC(=O)[C@H](CC(C)C)N[C@@H](c1ccc(OC)nc1)C(F)(F)F. The molecular weight excluding hydrogens is 533 g/mol. The van der Waals surface area contributed by atoms with Crippen LogP contribution in [0.15, 0.2) is 36.5 Å². The van der Waals surface area contributed by atoms with E-state index in [-0.39, 0.29) is 30.3 Å². The molecule has 4 N–H and O–H groups in total. The second-order valence-electron chi connectivity index (χ2n) is 9.50. The molecule has 3 atom stereocenters. The van der Waals surface area contributed by atoms with Crippen molar-refractivity contribution in [1.29, 1.82) is 0 Å². The summed E-state index contributed by atoms with van der Waals surface area (Å²) in [5.41, 5.74) is 0.435. The molecule has 13 heteroatoms. The minimum Gasteiger partial charge on any atom is -0.494 e. The third-order valence-corrected chi connectivity index (χ3v) is 5.93. The normalized spacial score (nSPS) is 13.7. The van der Waals surface area contributed by atoms with Crippen LogP contribution in [0.2, 0.25) is 0 Å². The second kappa shape index (κ2) is 15.2. The number of alkyl halides is 3. The molecule has 0 radical (unpaired) electrons. The smallest absolute Gasteiger partial charge is 0.407 e. The molecule has 0 unspecified atom stereocenters. The molecule has 0 saturated heterocycles. The Morgan fingerprint density at radius 1 is 1.10 bits per heavy atom. The number of amides is 1. The van der Waals surface area contributed by atoms with Gasteiger partial charge in [-0.3, -0.25) is 10.1 Å². The third-order valence-electron chi connectivity index (χ3n) is 5.93. The average Bonchev–Trinajstić information content (AvgIpc) is 2.91. The van der Waals surface area contributed by atoms with Gasteiger partial charge in [-0.25, -0.2) is 9.78 Å². The molecule has 1 aromatic heterocycles. The fourth-order valence-electron chi connectivity index (χ4n) is 3.87. The number of hydrogen-bond acceptors (Lipinski definition) is 8. The number of hydrogen-bond donors (Lipinski definition) is 4. The van der Waals surface area contributed by atoms with Crippen LogP contribution in [-0.2, 0) is 9.59 Å². The molecule has 0 saturated carbocycles. The highest BCUT2D eigenvalue weighted by atomic mass is 19.4. The summed E-state index contributed by atoms with van der Waals surface area (Å²) in [5, 5.41) is 17.3. The fourth-order valence-corrected chi connectivity index (χ4v) is 3.87. The molecular formula is C27H37F3N4O6. The number of anilines is 1. The summed E-state index contributed by atoms with van der Waals surface area (Å²) in [5.74, 6) is -0.852. The van der Waals surface area contributed by atoms with Crippen LogP contribution < -0.4 is 30.2 Å². The average molecular weight is 571 g/mol. The number of nitrogens with zero attached hydrogens (tertiary/aromatic N) is 1. The van der Waals surface area contributed by atoms with E-state index in [9.17, 15) is 22.8 Å². The first-order chi connectivity index (χ1) is 18.9. The van der Waals surface area contributed by atoms with Crippen molar-refractivity contribution >= 4 is 17.6 Å². The van der Waals surface area contributed by atoms with Gasteiger partial charge in [0.2, 0.25) is 11.8 Å². The van der Waals surface area contributed by atoms with Crippen molar-refractivity contribution in [3.8, 4) is 17.4 Å². The monoisotopic (exact) mass is 570 g/mol. The highest BCUT2D eigenvalue weighted by Crippen LogP contribution is 2.34. The standard InChI is InChI=1S/C27H37F3N4O6/c1-6-18(14-31-20-9-8-19(12-22(20)38-4)40-15-24(35)36)33-26(37)21(11-16(2)3)34-25(27(28,29)30)17-7-10-23(39-5)32-13-17/h7-10,12-13,16,18,21,25,31,34H,6,11,14-15H2,1-5H3,(H,33,37)(H,35,36)/t18-,21-,25-/m0/s1. The molecule has 2 rings (SSSR count). The van der Waals surface area contributed by atoms with E-state index in [1.165, 1.54) is 32.4 Å².